The third kappa shape index (κ3) is 4.96. The van der Waals surface area contributed by atoms with Crippen LogP contribution >= 0.6 is 0 Å². The second-order valence-corrected chi connectivity index (χ2v) is 6.07. The summed E-state index contributed by atoms with van der Waals surface area (Å²) in [5.41, 5.74) is 0.304. The lowest BCUT2D eigenvalue weighted by atomic mass is 10.3. The Morgan fingerprint density at radius 2 is 1.81 bits per heavy atom. The van der Waals surface area contributed by atoms with Gasteiger partial charge in [-0.2, -0.15) is 0 Å². The zero-order valence-corrected chi connectivity index (χ0v) is 15.4. The Kier molecular flexibility index (Phi) is 6.99. The lowest BCUT2D eigenvalue weighted by Gasteiger charge is -2.15. The predicted octanol–water partition coefficient (Wildman–Crippen LogP) is -0.166. The fourth-order valence-electron chi connectivity index (χ4n) is 2.46. The number of rotatable bonds is 9. The van der Waals surface area contributed by atoms with Gasteiger partial charge in [0.15, 0.2) is 0 Å². The van der Waals surface area contributed by atoms with Crippen molar-refractivity contribution in [1.82, 2.24) is 14.5 Å². The van der Waals surface area contributed by atoms with E-state index in [1.807, 2.05) is 30.3 Å². The largest absolute Gasteiger partial charge is 0.491 e. The summed E-state index contributed by atoms with van der Waals surface area (Å²) < 4.78 is 7.99. The molecule has 3 N–H and O–H groups in total. The quantitative estimate of drug-likeness (QED) is 0.536. The minimum absolute atomic E-state index is 0.199. The number of hydrogen-bond acceptors (Lipinski definition) is 6. The number of nitrogens with one attached hydrogen (secondary N) is 2. The van der Waals surface area contributed by atoms with E-state index in [-0.39, 0.29) is 17.9 Å². The van der Waals surface area contributed by atoms with E-state index in [9.17, 15) is 14.7 Å². The van der Waals surface area contributed by atoms with E-state index in [0.29, 0.717) is 36.8 Å². The van der Waals surface area contributed by atoms with Crippen molar-refractivity contribution in [2.45, 2.75) is 13.0 Å². The fourth-order valence-corrected chi connectivity index (χ4v) is 2.46. The molecule has 2 rings (SSSR count). The summed E-state index contributed by atoms with van der Waals surface area (Å²) in [6.45, 7) is 3.33. The molecule has 0 fully saturated rings. The zero-order chi connectivity index (χ0) is 19.1. The maximum absolute atomic E-state index is 12.2. The number of para-hydroxylation sites is 1. The molecular formula is C18H26N4O4. The molecule has 1 unspecified atom stereocenters. The summed E-state index contributed by atoms with van der Waals surface area (Å²) in [4.78, 5) is 24.0. The fraction of sp³-hybridized carbons (Fsp3) is 0.444. The minimum Gasteiger partial charge on any atom is -0.491 e. The minimum atomic E-state index is -0.637. The van der Waals surface area contributed by atoms with Gasteiger partial charge in [-0.25, -0.2) is 4.79 Å². The zero-order valence-electron chi connectivity index (χ0n) is 15.4. The van der Waals surface area contributed by atoms with Crippen LogP contribution in [0, 0.1) is 6.92 Å². The van der Waals surface area contributed by atoms with Crippen LogP contribution in [0.25, 0.3) is 0 Å². The van der Waals surface area contributed by atoms with Gasteiger partial charge < -0.3 is 20.5 Å². The predicted molar refractivity (Wildman–Crippen MR) is 101 cm³/mol. The Morgan fingerprint density at radius 1 is 1.12 bits per heavy atom. The van der Waals surface area contributed by atoms with Crippen LogP contribution in [0.1, 0.15) is 5.69 Å². The van der Waals surface area contributed by atoms with Gasteiger partial charge in [0.05, 0.1) is 0 Å². The molecule has 0 saturated heterocycles. The van der Waals surface area contributed by atoms with Gasteiger partial charge in [-0.3, -0.25) is 13.9 Å². The third-order valence-electron chi connectivity index (χ3n) is 4.13. The third-order valence-corrected chi connectivity index (χ3v) is 4.13. The molecule has 0 radical (unpaired) electrons. The van der Waals surface area contributed by atoms with E-state index >= 15 is 0 Å². The van der Waals surface area contributed by atoms with Crippen molar-refractivity contribution in [1.29, 1.82) is 0 Å². The lowest BCUT2D eigenvalue weighted by molar-refractivity contribution is 0.107. The van der Waals surface area contributed by atoms with Crippen molar-refractivity contribution in [2.75, 3.05) is 31.6 Å². The highest BCUT2D eigenvalue weighted by molar-refractivity contribution is 5.45. The van der Waals surface area contributed by atoms with Gasteiger partial charge in [0.2, 0.25) is 0 Å². The summed E-state index contributed by atoms with van der Waals surface area (Å²) in [7, 11) is 3.08. The van der Waals surface area contributed by atoms with Crippen LogP contribution < -0.4 is 26.6 Å². The first kappa shape index (κ1) is 19.7. The molecule has 1 aromatic carbocycles. The van der Waals surface area contributed by atoms with Crippen molar-refractivity contribution < 1.29 is 9.84 Å². The van der Waals surface area contributed by atoms with Crippen molar-refractivity contribution >= 4 is 5.69 Å². The van der Waals surface area contributed by atoms with Gasteiger partial charge in [-0.05, 0) is 19.1 Å². The highest BCUT2D eigenvalue weighted by Gasteiger charge is 2.11. The Hall–Kier alpha value is -2.58. The number of hydrogen-bond donors (Lipinski definition) is 3. The second kappa shape index (κ2) is 9.21. The SMILES string of the molecule is Cc1c(NCCNCC(O)COc2ccccc2)c(=O)n(C)c(=O)n1C. The highest BCUT2D eigenvalue weighted by Crippen LogP contribution is 2.08. The highest BCUT2D eigenvalue weighted by atomic mass is 16.5. The summed E-state index contributed by atoms with van der Waals surface area (Å²) in [6, 6.07) is 9.31. The standard InChI is InChI=1S/C18H26N4O4/c1-13-16(17(24)22(3)18(25)21(13)2)20-10-9-19-11-14(23)12-26-15-7-5-4-6-8-15/h4-8,14,19-20,23H,9-12H2,1-3H3. The average Bonchev–Trinajstić information content (AvgIpc) is 2.66. The molecule has 142 valence electrons. The molecule has 0 aliphatic carbocycles. The Morgan fingerprint density at radius 3 is 2.50 bits per heavy atom. The maximum Gasteiger partial charge on any atom is 0.330 e. The summed E-state index contributed by atoms with van der Waals surface area (Å²) in [6.07, 6.45) is -0.637. The Labute approximate surface area is 152 Å². The van der Waals surface area contributed by atoms with Gasteiger partial charge in [-0.15, -0.1) is 0 Å². The van der Waals surface area contributed by atoms with E-state index < -0.39 is 6.10 Å². The van der Waals surface area contributed by atoms with Crippen LogP contribution in [0.5, 0.6) is 5.75 Å². The van der Waals surface area contributed by atoms with Crippen molar-refractivity contribution in [3.05, 3.63) is 56.9 Å². The number of ether oxygens (including phenoxy) is 1. The summed E-state index contributed by atoms with van der Waals surface area (Å²) in [5.74, 6) is 0.717. The monoisotopic (exact) mass is 362 g/mol. The molecule has 8 heteroatoms. The Bertz CT molecular complexity index is 830. The van der Waals surface area contributed by atoms with Crippen molar-refractivity contribution in [2.24, 2.45) is 14.1 Å². The average molecular weight is 362 g/mol. The van der Waals surface area contributed by atoms with Crippen molar-refractivity contribution in [3.63, 3.8) is 0 Å². The van der Waals surface area contributed by atoms with E-state index in [0.717, 1.165) is 4.57 Å². The van der Waals surface area contributed by atoms with Gasteiger partial charge >= 0.3 is 5.69 Å². The lowest BCUT2D eigenvalue weighted by Crippen LogP contribution is -2.40. The first-order valence-electron chi connectivity index (χ1n) is 8.49. The van der Waals surface area contributed by atoms with E-state index in [1.54, 1.807) is 14.0 Å². The van der Waals surface area contributed by atoms with Crippen LogP contribution in [-0.2, 0) is 14.1 Å². The van der Waals surface area contributed by atoms with E-state index in [4.69, 9.17) is 4.74 Å². The van der Waals surface area contributed by atoms with Gasteiger partial charge in [0.1, 0.15) is 24.1 Å². The molecule has 0 aliphatic rings. The molecule has 2 aromatic rings. The van der Waals surface area contributed by atoms with Gasteiger partial charge in [-0.1, -0.05) is 18.2 Å². The molecule has 1 atom stereocenters. The maximum atomic E-state index is 12.2. The van der Waals surface area contributed by atoms with Crippen LogP contribution in [0.2, 0.25) is 0 Å². The van der Waals surface area contributed by atoms with Crippen LogP contribution in [0.4, 0.5) is 5.69 Å². The molecule has 0 saturated carbocycles. The molecule has 1 aromatic heterocycles. The number of aliphatic hydroxyl groups is 1. The smallest absolute Gasteiger partial charge is 0.330 e. The number of anilines is 1. The van der Waals surface area contributed by atoms with E-state index in [1.165, 1.54) is 11.6 Å². The normalized spacial score (nSPS) is 12.0. The van der Waals surface area contributed by atoms with Gasteiger partial charge in [0.25, 0.3) is 5.56 Å². The number of benzene rings is 1. The van der Waals surface area contributed by atoms with Crippen LogP contribution in [0.3, 0.4) is 0 Å². The molecule has 26 heavy (non-hydrogen) atoms. The molecule has 0 bridgehead atoms. The Balaban J connectivity index is 1.74. The summed E-state index contributed by atoms with van der Waals surface area (Å²) in [5, 5.41) is 16.1. The van der Waals surface area contributed by atoms with E-state index in [2.05, 4.69) is 10.6 Å². The first-order chi connectivity index (χ1) is 12.4. The number of aliphatic hydroxyl groups excluding tert-OH is 1. The second-order valence-electron chi connectivity index (χ2n) is 6.07. The van der Waals surface area contributed by atoms with Crippen molar-refractivity contribution in [3.8, 4) is 5.75 Å². The number of nitrogens with zero attached hydrogens (tertiary/aromatic N) is 2. The molecular weight excluding hydrogens is 336 g/mol. The van der Waals surface area contributed by atoms with Gasteiger partial charge in [0, 0.05) is 39.4 Å². The first-order valence-corrected chi connectivity index (χ1v) is 8.49. The summed E-state index contributed by atoms with van der Waals surface area (Å²) >= 11 is 0. The molecule has 8 nitrogen and oxygen atoms in total. The van der Waals surface area contributed by atoms with Crippen LogP contribution in [-0.4, -0.2) is 46.6 Å². The molecule has 0 spiro atoms. The topological polar surface area (TPSA) is 97.5 Å². The molecule has 1 heterocycles. The molecule has 0 aliphatic heterocycles. The molecule has 0 amide bonds. The number of aromatic nitrogens is 2. The van der Waals surface area contributed by atoms with Crippen LogP contribution in [0.15, 0.2) is 39.9 Å².